The second-order valence-corrected chi connectivity index (χ2v) is 1.61. The van der Waals surface area contributed by atoms with Crippen LogP contribution in [0.25, 0.3) is 0 Å². The van der Waals surface area contributed by atoms with Gasteiger partial charge in [-0.15, -0.1) is 0 Å². The maximum Gasteiger partial charge on any atom is 0.287 e. The summed E-state index contributed by atoms with van der Waals surface area (Å²) in [5.41, 5.74) is 6.14. The van der Waals surface area contributed by atoms with Gasteiger partial charge >= 0.3 is 0 Å². The van der Waals surface area contributed by atoms with Crippen LogP contribution in [0.2, 0.25) is 0 Å². The van der Waals surface area contributed by atoms with E-state index in [0.29, 0.717) is 6.61 Å². The van der Waals surface area contributed by atoms with E-state index in [1.165, 1.54) is 0 Å². The highest BCUT2D eigenvalue weighted by Crippen LogP contribution is 1.99. The van der Waals surface area contributed by atoms with Crippen LogP contribution in [0.3, 0.4) is 0 Å². The minimum atomic E-state index is 0.269. The van der Waals surface area contributed by atoms with E-state index in [1.807, 2.05) is 13.0 Å². The van der Waals surface area contributed by atoms with Gasteiger partial charge in [-0.05, 0) is 13.0 Å². The van der Waals surface area contributed by atoms with Crippen LogP contribution in [0.15, 0.2) is 16.8 Å². The molecule has 0 aromatic carbocycles. The molecule has 0 fully saturated rings. The van der Waals surface area contributed by atoms with E-state index in [-0.39, 0.29) is 6.02 Å². The zero-order valence-electron chi connectivity index (χ0n) is 4.72. The lowest BCUT2D eigenvalue weighted by molar-refractivity contribution is 0.336. The summed E-state index contributed by atoms with van der Waals surface area (Å²) in [7, 11) is 0. The van der Waals surface area contributed by atoms with E-state index in [4.69, 9.17) is 10.5 Å². The lowest BCUT2D eigenvalue weighted by Gasteiger charge is -2.06. The topological polar surface area (TPSA) is 47.6 Å². The van der Waals surface area contributed by atoms with E-state index in [2.05, 4.69) is 4.99 Å². The minimum absolute atomic E-state index is 0.269. The van der Waals surface area contributed by atoms with Crippen LogP contribution in [-0.4, -0.2) is 12.6 Å². The standard InChI is InChI=1S/C5H8N2O/c1-4-2-3-8-5(6)7-4/h2H,3H2,1H3,(H2,6,7). The smallest absolute Gasteiger partial charge is 0.287 e. The van der Waals surface area contributed by atoms with Gasteiger partial charge in [0.15, 0.2) is 0 Å². The van der Waals surface area contributed by atoms with Gasteiger partial charge < -0.3 is 10.5 Å². The predicted molar refractivity (Wildman–Crippen MR) is 31.3 cm³/mol. The first-order chi connectivity index (χ1) is 3.79. The Morgan fingerprint density at radius 2 is 2.62 bits per heavy atom. The number of nitrogens with zero attached hydrogens (tertiary/aromatic N) is 1. The van der Waals surface area contributed by atoms with Crippen molar-refractivity contribution < 1.29 is 4.74 Å². The summed E-state index contributed by atoms with van der Waals surface area (Å²) in [5.74, 6) is 0. The molecule has 0 aromatic heterocycles. The molecular formula is C5H8N2O. The van der Waals surface area contributed by atoms with E-state index in [1.54, 1.807) is 0 Å². The Hall–Kier alpha value is -0.990. The molecular weight excluding hydrogens is 104 g/mol. The largest absolute Gasteiger partial charge is 0.461 e. The Balaban J connectivity index is 2.69. The summed E-state index contributed by atoms with van der Waals surface area (Å²) in [4.78, 5) is 3.82. The summed E-state index contributed by atoms with van der Waals surface area (Å²) in [6, 6.07) is 0.269. The number of hydrogen-bond donors (Lipinski definition) is 1. The molecule has 3 nitrogen and oxygen atoms in total. The number of aliphatic imine (C=N–C) groups is 1. The third kappa shape index (κ3) is 0.992. The van der Waals surface area contributed by atoms with Crippen LogP contribution >= 0.6 is 0 Å². The lowest BCUT2D eigenvalue weighted by Crippen LogP contribution is -2.18. The average Bonchev–Trinajstić information content (AvgIpc) is 1.64. The second-order valence-electron chi connectivity index (χ2n) is 1.61. The molecule has 0 saturated heterocycles. The summed E-state index contributed by atoms with van der Waals surface area (Å²) >= 11 is 0. The number of amidine groups is 1. The van der Waals surface area contributed by atoms with Gasteiger partial charge in [0.25, 0.3) is 6.02 Å². The second kappa shape index (κ2) is 1.86. The summed E-state index contributed by atoms with van der Waals surface area (Å²) < 4.78 is 4.80. The molecule has 3 heteroatoms. The molecule has 8 heavy (non-hydrogen) atoms. The number of hydrogen-bond acceptors (Lipinski definition) is 3. The van der Waals surface area contributed by atoms with Crippen LogP contribution in [0.4, 0.5) is 0 Å². The molecule has 1 aliphatic rings. The molecule has 1 heterocycles. The molecule has 0 aromatic rings. The van der Waals surface area contributed by atoms with Crippen LogP contribution in [0.5, 0.6) is 0 Å². The maximum atomic E-state index is 5.21. The quantitative estimate of drug-likeness (QED) is 0.487. The monoisotopic (exact) mass is 112 g/mol. The number of nitrogens with two attached hydrogens (primary N) is 1. The molecule has 0 radical (unpaired) electrons. The van der Waals surface area contributed by atoms with Crippen LogP contribution in [0.1, 0.15) is 6.92 Å². The Morgan fingerprint density at radius 3 is 3.00 bits per heavy atom. The van der Waals surface area contributed by atoms with Gasteiger partial charge in [0.05, 0.1) is 0 Å². The molecule has 0 bridgehead atoms. The maximum absolute atomic E-state index is 5.21. The van der Waals surface area contributed by atoms with E-state index in [0.717, 1.165) is 5.70 Å². The highest BCUT2D eigenvalue weighted by molar-refractivity contribution is 5.73. The molecule has 0 atom stereocenters. The highest BCUT2D eigenvalue weighted by atomic mass is 16.5. The van der Waals surface area contributed by atoms with Gasteiger partial charge in [-0.25, -0.2) is 4.99 Å². The lowest BCUT2D eigenvalue weighted by atomic mass is 10.4. The van der Waals surface area contributed by atoms with Crippen LogP contribution in [0, 0.1) is 0 Å². The zero-order valence-corrected chi connectivity index (χ0v) is 4.72. The molecule has 2 N–H and O–H groups in total. The molecule has 1 aliphatic heterocycles. The molecule has 0 saturated carbocycles. The van der Waals surface area contributed by atoms with Gasteiger partial charge in [-0.3, -0.25) is 0 Å². The predicted octanol–water partition coefficient (Wildman–Crippen LogP) is 0.235. The van der Waals surface area contributed by atoms with Gasteiger partial charge in [-0.2, -0.15) is 0 Å². The molecule has 0 unspecified atom stereocenters. The first-order valence-corrected chi connectivity index (χ1v) is 2.43. The molecule has 0 spiro atoms. The van der Waals surface area contributed by atoms with Crippen molar-refractivity contribution in [1.82, 2.24) is 0 Å². The third-order valence-electron chi connectivity index (χ3n) is 0.897. The van der Waals surface area contributed by atoms with E-state index >= 15 is 0 Å². The van der Waals surface area contributed by atoms with Gasteiger partial charge in [0.2, 0.25) is 0 Å². The van der Waals surface area contributed by atoms with E-state index in [9.17, 15) is 0 Å². The first-order valence-electron chi connectivity index (χ1n) is 2.43. The normalized spacial score (nSPS) is 18.6. The van der Waals surface area contributed by atoms with Crippen molar-refractivity contribution in [3.8, 4) is 0 Å². The van der Waals surface area contributed by atoms with Crippen LogP contribution in [-0.2, 0) is 4.74 Å². The fourth-order valence-electron chi connectivity index (χ4n) is 0.499. The summed E-state index contributed by atoms with van der Waals surface area (Å²) in [6.45, 7) is 2.44. The molecule has 1 rings (SSSR count). The van der Waals surface area contributed by atoms with Crippen molar-refractivity contribution in [3.05, 3.63) is 11.8 Å². The Morgan fingerprint density at radius 1 is 1.88 bits per heavy atom. The Kier molecular flexibility index (Phi) is 1.20. The summed E-state index contributed by atoms with van der Waals surface area (Å²) in [6.07, 6.45) is 1.87. The van der Waals surface area contributed by atoms with Crippen molar-refractivity contribution in [3.63, 3.8) is 0 Å². The molecule has 44 valence electrons. The SMILES string of the molecule is CC1=CCOC(N)=N1. The van der Waals surface area contributed by atoms with E-state index < -0.39 is 0 Å². The fraction of sp³-hybridized carbons (Fsp3) is 0.400. The number of ether oxygens (including phenoxy) is 1. The van der Waals surface area contributed by atoms with Gasteiger partial charge in [-0.1, -0.05) is 0 Å². The zero-order chi connectivity index (χ0) is 5.98. The fourth-order valence-corrected chi connectivity index (χ4v) is 0.499. The van der Waals surface area contributed by atoms with Crippen LogP contribution < -0.4 is 5.73 Å². The number of rotatable bonds is 0. The highest BCUT2D eigenvalue weighted by Gasteiger charge is 1.97. The number of allylic oxidation sites excluding steroid dienone is 1. The Bertz CT molecular complexity index is 149. The van der Waals surface area contributed by atoms with Crippen molar-refractivity contribution in [1.29, 1.82) is 0 Å². The Labute approximate surface area is 47.9 Å². The van der Waals surface area contributed by atoms with Crippen molar-refractivity contribution in [2.75, 3.05) is 6.61 Å². The third-order valence-corrected chi connectivity index (χ3v) is 0.897. The van der Waals surface area contributed by atoms with Gasteiger partial charge in [0, 0.05) is 5.70 Å². The van der Waals surface area contributed by atoms with Crippen molar-refractivity contribution in [2.24, 2.45) is 10.7 Å². The summed E-state index contributed by atoms with van der Waals surface area (Å²) in [5, 5.41) is 0. The first kappa shape index (κ1) is 5.15. The van der Waals surface area contributed by atoms with Crippen molar-refractivity contribution >= 4 is 6.02 Å². The molecule has 0 aliphatic carbocycles. The average molecular weight is 112 g/mol. The van der Waals surface area contributed by atoms with Crippen molar-refractivity contribution in [2.45, 2.75) is 6.92 Å². The van der Waals surface area contributed by atoms with Gasteiger partial charge in [0.1, 0.15) is 6.61 Å². The minimum Gasteiger partial charge on any atom is -0.461 e. The molecule has 0 amide bonds.